The zero-order valence-corrected chi connectivity index (χ0v) is 14.6. The zero-order chi connectivity index (χ0) is 18.0. The Morgan fingerprint density at radius 2 is 1.92 bits per heavy atom. The van der Waals surface area contributed by atoms with E-state index in [0.29, 0.717) is 27.2 Å². The lowest BCUT2D eigenvalue weighted by molar-refractivity contribution is 0.0528. The maximum atomic E-state index is 12.5. The van der Waals surface area contributed by atoms with Gasteiger partial charge < -0.3 is 15.2 Å². The minimum atomic E-state index is -0.584. The van der Waals surface area contributed by atoms with E-state index in [1.54, 1.807) is 44.2 Å². The smallest absolute Gasteiger partial charge is 0.355 e. The molecule has 25 heavy (non-hydrogen) atoms. The van der Waals surface area contributed by atoms with Crippen molar-refractivity contribution in [1.82, 2.24) is 4.98 Å². The van der Waals surface area contributed by atoms with Crippen molar-refractivity contribution >= 4 is 39.2 Å². The number of ether oxygens (including phenoxy) is 2. The van der Waals surface area contributed by atoms with Crippen LogP contribution < -0.4 is 10.5 Å². The standard InChI is InChI=1S/C18H16N2O4S/c1-3-23-17(21)12-9-10(2)20-16-13(12)14(19)15(25-16)18(22)24-11-7-5-4-6-8-11/h4-9H,3,19H2,1-2H3. The van der Waals surface area contributed by atoms with Crippen LogP contribution in [0.5, 0.6) is 5.75 Å². The van der Waals surface area contributed by atoms with Gasteiger partial charge in [0, 0.05) is 11.1 Å². The normalized spacial score (nSPS) is 10.6. The van der Waals surface area contributed by atoms with Crippen molar-refractivity contribution in [2.24, 2.45) is 0 Å². The molecule has 2 heterocycles. The van der Waals surface area contributed by atoms with Gasteiger partial charge in [-0.15, -0.1) is 11.3 Å². The van der Waals surface area contributed by atoms with Gasteiger partial charge in [-0.25, -0.2) is 14.6 Å². The van der Waals surface area contributed by atoms with Crippen molar-refractivity contribution < 1.29 is 19.1 Å². The molecule has 3 aromatic rings. The molecule has 0 saturated carbocycles. The number of anilines is 1. The van der Waals surface area contributed by atoms with Gasteiger partial charge >= 0.3 is 11.9 Å². The Labute approximate surface area is 148 Å². The van der Waals surface area contributed by atoms with E-state index in [0.717, 1.165) is 11.3 Å². The van der Waals surface area contributed by atoms with Crippen LogP contribution in [0.3, 0.4) is 0 Å². The topological polar surface area (TPSA) is 91.5 Å². The highest BCUT2D eigenvalue weighted by molar-refractivity contribution is 7.21. The van der Waals surface area contributed by atoms with Crippen molar-refractivity contribution in [2.75, 3.05) is 12.3 Å². The SMILES string of the molecule is CCOC(=O)c1cc(C)nc2sc(C(=O)Oc3ccccc3)c(N)c12. The quantitative estimate of drug-likeness (QED) is 0.567. The molecule has 0 spiro atoms. The van der Waals surface area contributed by atoms with Crippen molar-refractivity contribution in [3.63, 3.8) is 0 Å². The fourth-order valence-electron chi connectivity index (χ4n) is 2.41. The van der Waals surface area contributed by atoms with E-state index in [1.807, 2.05) is 6.07 Å². The molecule has 128 valence electrons. The van der Waals surface area contributed by atoms with Crippen LogP contribution in [-0.4, -0.2) is 23.5 Å². The lowest BCUT2D eigenvalue weighted by Gasteiger charge is -2.05. The van der Waals surface area contributed by atoms with E-state index in [-0.39, 0.29) is 17.2 Å². The van der Waals surface area contributed by atoms with E-state index < -0.39 is 11.9 Å². The third-order valence-electron chi connectivity index (χ3n) is 3.46. The highest BCUT2D eigenvalue weighted by Gasteiger charge is 2.24. The van der Waals surface area contributed by atoms with Gasteiger partial charge in [-0.05, 0) is 32.0 Å². The Kier molecular flexibility index (Phi) is 4.67. The number of hydrogen-bond acceptors (Lipinski definition) is 7. The van der Waals surface area contributed by atoms with Gasteiger partial charge in [0.05, 0.1) is 17.9 Å². The second-order valence-electron chi connectivity index (χ2n) is 5.26. The Hall–Kier alpha value is -2.93. The van der Waals surface area contributed by atoms with Gasteiger partial charge in [0.25, 0.3) is 0 Å². The molecule has 0 aliphatic heterocycles. The molecule has 0 atom stereocenters. The molecule has 7 heteroatoms. The van der Waals surface area contributed by atoms with Crippen LogP contribution in [0.2, 0.25) is 0 Å². The number of aryl methyl sites for hydroxylation is 1. The Balaban J connectivity index is 2.06. The van der Waals surface area contributed by atoms with Crippen LogP contribution in [0, 0.1) is 6.92 Å². The van der Waals surface area contributed by atoms with Crippen LogP contribution in [0.4, 0.5) is 5.69 Å². The minimum Gasteiger partial charge on any atom is -0.462 e. The fraction of sp³-hybridized carbons (Fsp3) is 0.167. The third-order valence-corrected chi connectivity index (χ3v) is 4.54. The predicted octanol–water partition coefficient (Wildman–Crippen LogP) is 3.58. The number of hydrogen-bond donors (Lipinski definition) is 1. The van der Waals surface area contributed by atoms with Gasteiger partial charge in [0.2, 0.25) is 0 Å². The number of carbonyl (C=O) groups excluding carboxylic acids is 2. The first-order valence-electron chi connectivity index (χ1n) is 7.65. The molecule has 0 amide bonds. The van der Waals surface area contributed by atoms with Crippen LogP contribution in [0.1, 0.15) is 32.6 Å². The lowest BCUT2D eigenvalue weighted by Crippen LogP contribution is -2.09. The average molecular weight is 356 g/mol. The number of para-hydroxylation sites is 1. The van der Waals surface area contributed by atoms with Gasteiger partial charge in [-0.3, -0.25) is 0 Å². The molecular weight excluding hydrogens is 340 g/mol. The van der Waals surface area contributed by atoms with E-state index in [4.69, 9.17) is 15.2 Å². The van der Waals surface area contributed by atoms with Gasteiger partial charge in [-0.1, -0.05) is 18.2 Å². The average Bonchev–Trinajstić information content (AvgIpc) is 2.92. The number of benzene rings is 1. The van der Waals surface area contributed by atoms with Gasteiger partial charge in [-0.2, -0.15) is 0 Å². The highest BCUT2D eigenvalue weighted by Crippen LogP contribution is 2.36. The van der Waals surface area contributed by atoms with Crippen molar-refractivity contribution in [3.8, 4) is 5.75 Å². The monoisotopic (exact) mass is 356 g/mol. The number of rotatable bonds is 4. The minimum absolute atomic E-state index is 0.177. The highest BCUT2D eigenvalue weighted by atomic mass is 32.1. The van der Waals surface area contributed by atoms with E-state index in [1.165, 1.54) is 0 Å². The molecule has 0 unspecified atom stereocenters. The largest absolute Gasteiger partial charge is 0.462 e. The molecule has 0 aliphatic carbocycles. The number of aromatic nitrogens is 1. The molecule has 0 fully saturated rings. The van der Waals surface area contributed by atoms with Crippen LogP contribution in [0.15, 0.2) is 36.4 Å². The third kappa shape index (κ3) is 3.32. The van der Waals surface area contributed by atoms with Crippen LogP contribution in [0.25, 0.3) is 10.2 Å². The van der Waals surface area contributed by atoms with Crippen molar-refractivity contribution in [2.45, 2.75) is 13.8 Å². The maximum absolute atomic E-state index is 12.5. The number of fused-ring (bicyclic) bond motifs is 1. The Morgan fingerprint density at radius 3 is 2.60 bits per heavy atom. The summed E-state index contributed by atoms with van der Waals surface area (Å²) in [6.45, 7) is 3.73. The zero-order valence-electron chi connectivity index (χ0n) is 13.7. The first-order valence-corrected chi connectivity index (χ1v) is 8.47. The van der Waals surface area contributed by atoms with Crippen LogP contribution in [-0.2, 0) is 4.74 Å². The number of esters is 2. The molecule has 0 bridgehead atoms. The molecular formula is C18H16N2O4S. The van der Waals surface area contributed by atoms with Crippen LogP contribution >= 0.6 is 11.3 Å². The molecule has 1 aromatic carbocycles. The number of nitrogens with zero attached hydrogens (tertiary/aromatic N) is 1. The summed E-state index contributed by atoms with van der Waals surface area (Å²) in [7, 11) is 0. The summed E-state index contributed by atoms with van der Waals surface area (Å²) >= 11 is 1.10. The van der Waals surface area contributed by atoms with Gasteiger partial charge in [0.15, 0.2) is 0 Å². The summed E-state index contributed by atoms with van der Waals surface area (Å²) in [4.78, 5) is 29.8. The molecule has 6 nitrogen and oxygen atoms in total. The number of thiophene rings is 1. The van der Waals surface area contributed by atoms with E-state index >= 15 is 0 Å². The molecule has 0 aliphatic rings. The summed E-state index contributed by atoms with van der Waals surface area (Å²) < 4.78 is 10.4. The number of nitrogens with two attached hydrogens (primary N) is 1. The Morgan fingerprint density at radius 1 is 1.20 bits per heavy atom. The number of pyridine rings is 1. The maximum Gasteiger partial charge on any atom is 0.355 e. The number of carbonyl (C=O) groups is 2. The first kappa shape index (κ1) is 16.9. The molecule has 3 rings (SSSR count). The van der Waals surface area contributed by atoms with Gasteiger partial charge in [0.1, 0.15) is 15.5 Å². The van der Waals surface area contributed by atoms with E-state index in [2.05, 4.69) is 4.98 Å². The lowest BCUT2D eigenvalue weighted by atomic mass is 10.1. The molecule has 2 aromatic heterocycles. The second kappa shape index (κ2) is 6.90. The van der Waals surface area contributed by atoms with Crippen molar-refractivity contribution in [3.05, 3.63) is 52.5 Å². The second-order valence-corrected chi connectivity index (χ2v) is 6.26. The molecule has 0 saturated heterocycles. The molecule has 0 radical (unpaired) electrons. The van der Waals surface area contributed by atoms with Crippen molar-refractivity contribution in [1.29, 1.82) is 0 Å². The first-order chi connectivity index (χ1) is 12.0. The molecule has 2 N–H and O–H groups in total. The Bertz CT molecular complexity index is 951. The summed E-state index contributed by atoms with van der Waals surface area (Å²) in [5.74, 6) is -0.663. The predicted molar refractivity (Wildman–Crippen MR) is 96.1 cm³/mol. The number of nitrogen functional groups attached to an aromatic ring is 1. The summed E-state index contributed by atoms with van der Waals surface area (Å²) in [5, 5.41) is 0.425. The fourth-order valence-corrected chi connectivity index (χ4v) is 3.45. The summed E-state index contributed by atoms with van der Waals surface area (Å²) in [6, 6.07) is 10.3. The summed E-state index contributed by atoms with van der Waals surface area (Å²) in [5.41, 5.74) is 7.26. The van der Waals surface area contributed by atoms with E-state index in [9.17, 15) is 9.59 Å². The summed E-state index contributed by atoms with van der Waals surface area (Å²) in [6.07, 6.45) is 0.